The molecule has 1 saturated heterocycles. The van der Waals surface area contributed by atoms with Crippen LogP contribution in [0.1, 0.15) is 87.6 Å². The molecule has 1 amide bonds. The van der Waals surface area contributed by atoms with Gasteiger partial charge in [0, 0.05) is 31.1 Å². The lowest BCUT2D eigenvalue weighted by molar-refractivity contribution is -0.123. The van der Waals surface area contributed by atoms with E-state index in [9.17, 15) is 13.2 Å². The van der Waals surface area contributed by atoms with Gasteiger partial charge in [-0.2, -0.15) is 9.57 Å². The predicted molar refractivity (Wildman–Crippen MR) is 144 cm³/mol. The van der Waals surface area contributed by atoms with Crippen molar-refractivity contribution in [2.45, 2.75) is 94.8 Å². The van der Waals surface area contributed by atoms with Gasteiger partial charge >= 0.3 is 0 Å². The van der Waals surface area contributed by atoms with Crippen LogP contribution >= 0.6 is 0 Å². The standard InChI is InChI=1S/C29H38N4O3S/c1-29(2,3)31-20-22-12-15-26-23(17-22)7-6-9-27(26)32-28(34)18-24-8-4-5-16-33(24)37(35,36)25-13-10-21(19-30)11-14-25/h10-15,17,24,27,31H,4-9,16,18,20H2,1-3H3,(H,32,34). The number of aryl methyl sites for hydroxylation is 1. The summed E-state index contributed by atoms with van der Waals surface area (Å²) in [4.78, 5) is 13.3. The molecular weight excluding hydrogens is 484 g/mol. The monoisotopic (exact) mass is 522 g/mol. The molecule has 0 radical (unpaired) electrons. The van der Waals surface area contributed by atoms with Crippen molar-refractivity contribution in [1.82, 2.24) is 14.9 Å². The number of rotatable bonds is 7. The molecule has 0 aromatic heterocycles. The number of nitriles is 1. The van der Waals surface area contributed by atoms with E-state index in [-0.39, 0.29) is 34.8 Å². The Balaban J connectivity index is 1.43. The maximum absolute atomic E-state index is 13.4. The van der Waals surface area contributed by atoms with Crippen LogP contribution in [0.3, 0.4) is 0 Å². The van der Waals surface area contributed by atoms with Crippen LogP contribution in [0.5, 0.6) is 0 Å². The number of benzene rings is 2. The van der Waals surface area contributed by atoms with Gasteiger partial charge in [-0.05, 0) is 93.8 Å². The van der Waals surface area contributed by atoms with E-state index in [0.29, 0.717) is 18.5 Å². The topological polar surface area (TPSA) is 102 Å². The normalized spacial score (nSPS) is 20.6. The number of fused-ring (bicyclic) bond motifs is 1. The minimum atomic E-state index is -3.75. The maximum atomic E-state index is 13.4. The van der Waals surface area contributed by atoms with Gasteiger partial charge in [-0.1, -0.05) is 24.6 Å². The minimum absolute atomic E-state index is 0.0481. The van der Waals surface area contributed by atoms with E-state index in [4.69, 9.17) is 5.26 Å². The third-order valence-electron chi connectivity index (χ3n) is 7.26. The lowest BCUT2D eigenvalue weighted by Gasteiger charge is -2.35. The van der Waals surface area contributed by atoms with Crippen LogP contribution in [0.25, 0.3) is 0 Å². The fraction of sp³-hybridized carbons (Fsp3) is 0.517. The number of nitrogens with zero attached hydrogens (tertiary/aromatic N) is 2. The van der Waals surface area contributed by atoms with Crippen LogP contribution in [-0.2, 0) is 27.8 Å². The summed E-state index contributed by atoms with van der Waals surface area (Å²) in [6, 6.07) is 14.1. The molecule has 37 heavy (non-hydrogen) atoms. The molecule has 0 spiro atoms. The first-order chi connectivity index (χ1) is 17.6. The van der Waals surface area contributed by atoms with Crippen LogP contribution in [0.15, 0.2) is 47.4 Å². The first-order valence-electron chi connectivity index (χ1n) is 13.2. The number of sulfonamides is 1. The van der Waals surface area contributed by atoms with Gasteiger partial charge in [-0.3, -0.25) is 4.79 Å². The minimum Gasteiger partial charge on any atom is -0.349 e. The first-order valence-corrected chi connectivity index (χ1v) is 14.7. The zero-order chi connectivity index (χ0) is 26.6. The average molecular weight is 523 g/mol. The summed E-state index contributed by atoms with van der Waals surface area (Å²) in [7, 11) is -3.75. The molecule has 2 aromatic carbocycles. The third-order valence-corrected chi connectivity index (χ3v) is 9.23. The average Bonchev–Trinajstić information content (AvgIpc) is 2.87. The van der Waals surface area contributed by atoms with Crippen LogP contribution < -0.4 is 10.6 Å². The molecule has 7 nitrogen and oxygen atoms in total. The molecule has 1 heterocycles. The van der Waals surface area contributed by atoms with E-state index >= 15 is 0 Å². The van der Waals surface area contributed by atoms with Gasteiger partial charge in [-0.15, -0.1) is 0 Å². The summed E-state index contributed by atoms with van der Waals surface area (Å²) < 4.78 is 28.3. The highest BCUT2D eigenvalue weighted by Crippen LogP contribution is 2.32. The van der Waals surface area contributed by atoms with E-state index in [1.54, 1.807) is 0 Å². The molecule has 1 aliphatic carbocycles. The Bertz CT molecular complexity index is 1260. The Hall–Kier alpha value is -2.73. The molecule has 198 valence electrons. The summed E-state index contributed by atoms with van der Waals surface area (Å²) >= 11 is 0. The van der Waals surface area contributed by atoms with E-state index in [1.807, 2.05) is 6.07 Å². The number of carbonyl (C=O) groups excluding carboxylic acids is 1. The second-order valence-electron chi connectivity index (χ2n) is 11.3. The Kier molecular flexibility index (Phi) is 8.37. The molecule has 2 atom stereocenters. The molecule has 2 aromatic rings. The summed E-state index contributed by atoms with van der Waals surface area (Å²) in [6.07, 6.45) is 5.38. The second kappa shape index (κ2) is 11.3. The Morgan fingerprint density at radius 3 is 2.54 bits per heavy atom. The summed E-state index contributed by atoms with van der Waals surface area (Å²) in [6.45, 7) is 7.66. The van der Waals surface area contributed by atoms with Crippen molar-refractivity contribution < 1.29 is 13.2 Å². The molecule has 0 bridgehead atoms. The number of carbonyl (C=O) groups is 1. The van der Waals surface area contributed by atoms with Gasteiger partial charge in [0.05, 0.1) is 22.6 Å². The largest absolute Gasteiger partial charge is 0.349 e. The Labute approximate surface area is 221 Å². The highest BCUT2D eigenvalue weighted by molar-refractivity contribution is 7.89. The predicted octanol–water partition coefficient (Wildman–Crippen LogP) is 4.57. The number of hydrogen-bond acceptors (Lipinski definition) is 5. The highest BCUT2D eigenvalue weighted by Gasteiger charge is 2.35. The van der Waals surface area contributed by atoms with E-state index in [0.717, 1.165) is 38.6 Å². The van der Waals surface area contributed by atoms with Crippen molar-refractivity contribution in [3.05, 3.63) is 64.7 Å². The number of nitrogens with one attached hydrogen (secondary N) is 2. The Morgan fingerprint density at radius 2 is 1.84 bits per heavy atom. The number of piperidine rings is 1. The third kappa shape index (κ3) is 6.78. The molecule has 0 saturated carbocycles. The molecule has 8 heteroatoms. The van der Waals surface area contributed by atoms with Crippen molar-refractivity contribution in [2.24, 2.45) is 0 Å². The van der Waals surface area contributed by atoms with E-state index in [2.05, 4.69) is 49.6 Å². The van der Waals surface area contributed by atoms with Crippen molar-refractivity contribution in [3.63, 3.8) is 0 Å². The molecular formula is C29H38N4O3S. The summed E-state index contributed by atoms with van der Waals surface area (Å²) in [5.74, 6) is -0.108. The van der Waals surface area contributed by atoms with Crippen LogP contribution in [0.4, 0.5) is 0 Å². The van der Waals surface area contributed by atoms with Gasteiger partial charge in [0.1, 0.15) is 0 Å². The zero-order valence-electron chi connectivity index (χ0n) is 22.1. The fourth-order valence-electron chi connectivity index (χ4n) is 5.29. The highest BCUT2D eigenvalue weighted by atomic mass is 32.2. The van der Waals surface area contributed by atoms with Crippen molar-refractivity contribution in [3.8, 4) is 6.07 Å². The lowest BCUT2D eigenvalue weighted by Crippen LogP contribution is -2.46. The smallest absolute Gasteiger partial charge is 0.243 e. The van der Waals surface area contributed by atoms with Crippen LogP contribution in [-0.4, -0.2) is 36.8 Å². The number of hydrogen-bond donors (Lipinski definition) is 2. The zero-order valence-corrected chi connectivity index (χ0v) is 22.9. The maximum Gasteiger partial charge on any atom is 0.243 e. The van der Waals surface area contributed by atoms with Gasteiger partial charge in [0.15, 0.2) is 0 Å². The van der Waals surface area contributed by atoms with Crippen molar-refractivity contribution >= 4 is 15.9 Å². The van der Waals surface area contributed by atoms with Gasteiger partial charge in [0.25, 0.3) is 0 Å². The van der Waals surface area contributed by atoms with Gasteiger partial charge in [0.2, 0.25) is 15.9 Å². The SMILES string of the molecule is CC(C)(C)NCc1ccc2c(c1)CCCC2NC(=O)CC1CCCCN1S(=O)(=O)c1ccc(C#N)cc1. The lowest BCUT2D eigenvalue weighted by atomic mass is 9.86. The summed E-state index contributed by atoms with van der Waals surface area (Å²) in [5.41, 5.74) is 4.16. The van der Waals surface area contributed by atoms with E-state index in [1.165, 1.54) is 45.3 Å². The molecule has 4 rings (SSSR count). The van der Waals surface area contributed by atoms with Gasteiger partial charge < -0.3 is 10.6 Å². The fourth-order valence-corrected chi connectivity index (χ4v) is 6.99. The summed E-state index contributed by atoms with van der Waals surface area (Å²) in [5, 5.41) is 15.8. The molecule has 2 N–H and O–H groups in total. The molecule has 1 fully saturated rings. The van der Waals surface area contributed by atoms with Crippen molar-refractivity contribution in [2.75, 3.05) is 6.54 Å². The van der Waals surface area contributed by atoms with Crippen molar-refractivity contribution in [1.29, 1.82) is 5.26 Å². The van der Waals surface area contributed by atoms with E-state index < -0.39 is 10.0 Å². The molecule has 2 aliphatic rings. The molecule has 1 aliphatic heterocycles. The number of amides is 1. The quantitative estimate of drug-likeness (QED) is 0.554. The second-order valence-corrected chi connectivity index (χ2v) is 13.1. The van der Waals surface area contributed by atoms with Gasteiger partial charge in [-0.25, -0.2) is 8.42 Å². The Morgan fingerprint density at radius 1 is 1.08 bits per heavy atom. The van der Waals surface area contributed by atoms with Crippen LogP contribution in [0.2, 0.25) is 0 Å². The first kappa shape index (κ1) is 27.3. The molecule has 2 unspecified atom stereocenters. The van der Waals surface area contributed by atoms with Crippen LogP contribution in [0, 0.1) is 11.3 Å².